The molecule has 3 heterocycles. The van der Waals surface area contributed by atoms with E-state index < -0.39 is 0 Å². The molecule has 1 aliphatic heterocycles. The number of para-hydroxylation sites is 1. The van der Waals surface area contributed by atoms with E-state index >= 15 is 0 Å². The highest BCUT2D eigenvalue weighted by atomic mass is 16.5. The van der Waals surface area contributed by atoms with Crippen molar-refractivity contribution in [1.29, 1.82) is 0 Å². The molecule has 1 aliphatic rings. The minimum atomic E-state index is -0.328. The van der Waals surface area contributed by atoms with Gasteiger partial charge in [0.1, 0.15) is 5.52 Å². The van der Waals surface area contributed by atoms with Gasteiger partial charge in [-0.1, -0.05) is 24.3 Å². The predicted octanol–water partition coefficient (Wildman–Crippen LogP) is 3.51. The molecule has 9 heteroatoms. The number of ether oxygens (including phenoxy) is 1. The standard InChI is InChI=1S/C26H26N6O3/c1-35-13-5-11-32-23-21(29-26(32)30-24(33)18-7-4-8-20(27)14-18)15-19(16-28-23)25(34)31-12-10-17-6-2-3-9-22(17)31/h2-4,6-9,14-16H,5,10-13,27H2,1H3,(H,29,30,33). The van der Waals surface area contributed by atoms with E-state index in [1.54, 1.807) is 48.5 Å². The number of hydrogen-bond donors (Lipinski definition) is 2. The summed E-state index contributed by atoms with van der Waals surface area (Å²) in [6.07, 6.45) is 3.10. The van der Waals surface area contributed by atoms with Gasteiger partial charge in [-0.05, 0) is 48.7 Å². The lowest BCUT2D eigenvalue weighted by Gasteiger charge is -2.17. The van der Waals surface area contributed by atoms with Gasteiger partial charge in [0, 0.05) is 49.9 Å². The summed E-state index contributed by atoms with van der Waals surface area (Å²) in [5.41, 5.74) is 10.4. The number of nitrogen functional groups attached to an aromatic ring is 1. The predicted molar refractivity (Wildman–Crippen MR) is 135 cm³/mol. The second kappa shape index (κ2) is 9.55. The van der Waals surface area contributed by atoms with Crippen LogP contribution in [0.3, 0.4) is 0 Å². The molecule has 0 atom stereocenters. The zero-order valence-corrected chi connectivity index (χ0v) is 19.4. The number of aromatic nitrogens is 3. The summed E-state index contributed by atoms with van der Waals surface area (Å²) in [7, 11) is 1.64. The Morgan fingerprint density at radius 3 is 2.80 bits per heavy atom. The zero-order valence-electron chi connectivity index (χ0n) is 19.4. The first-order valence-electron chi connectivity index (χ1n) is 11.5. The van der Waals surface area contributed by atoms with E-state index in [1.807, 2.05) is 28.8 Å². The van der Waals surface area contributed by atoms with Crippen molar-refractivity contribution in [3.8, 4) is 0 Å². The van der Waals surface area contributed by atoms with Gasteiger partial charge in [0.05, 0.1) is 5.56 Å². The molecule has 178 valence electrons. The van der Waals surface area contributed by atoms with Crippen LogP contribution in [0.2, 0.25) is 0 Å². The molecule has 3 N–H and O–H groups in total. The van der Waals surface area contributed by atoms with E-state index in [0.29, 0.717) is 60.0 Å². The molecule has 35 heavy (non-hydrogen) atoms. The van der Waals surface area contributed by atoms with Gasteiger partial charge in [-0.2, -0.15) is 0 Å². The molecule has 0 bridgehead atoms. The second-order valence-corrected chi connectivity index (χ2v) is 8.42. The Balaban J connectivity index is 1.47. The molecule has 5 rings (SSSR count). The Kier molecular flexibility index (Phi) is 6.15. The number of nitrogens with one attached hydrogen (secondary N) is 1. The molecule has 0 fully saturated rings. The van der Waals surface area contributed by atoms with Gasteiger partial charge < -0.3 is 15.4 Å². The number of fused-ring (bicyclic) bond motifs is 2. The monoisotopic (exact) mass is 470 g/mol. The lowest BCUT2D eigenvalue weighted by molar-refractivity contribution is 0.0987. The van der Waals surface area contributed by atoms with Crippen LogP contribution in [-0.4, -0.2) is 46.6 Å². The quantitative estimate of drug-likeness (QED) is 0.316. The minimum absolute atomic E-state index is 0.122. The Morgan fingerprint density at radius 1 is 1.11 bits per heavy atom. The number of carbonyl (C=O) groups is 2. The molecule has 0 radical (unpaired) electrons. The van der Waals surface area contributed by atoms with Crippen LogP contribution in [0.25, 0.3) is 11.2 Å². The molecule has 0 saturated carbocycles. The van der Waals surface area contributed by atoms with Crippen LogP contribution in [0.5, 0.6) is 0 Å². The number of nitrogens with two attached hydrogens (primary N) is 1. The van der Waals surface area contributed by atoms with Gasteiger partial charge in [-0.15, -0.1) is 0 Å². The SMILES string of the molecule is COCCCn1c(NC(=O)c2cccc(N)c2)nc2cc(C(=O)N3CCc4ccccc43)cnc21. The molecule has 0 spiro atoms. The average Bonchev–Trinajstić information content (AvgIpc) is 3.45. The number of benzene rings is 2. The van der Waals surface area contributed by atoms with E-state index in [4.69, 9.17) is 10.5 Å². The Hall–Kier alpha value is -4.24. The van der Waals surface area contributed by atoms with Crippen molar-refractivity contribution in [1.82, 2.24) is 14.5 Å². The highest BCUT2D eigenvalue weighted by Gasteiger charge is 2.26. The molecule has 0 saturated heterocycles. The largest absolute Gasteiger partial charge is 0.399 e. The van der Waals surface area contributed by atoms with Crippen LogP contribution in [-0.2, 0) is 17.7 Å². The van der Waals surface area contributed by atoms with E-state index in [1.165, 1.54) is 0 Å². The normalized spacial score (nSPS) is 12.7. The number of carbonyl (C=O) groups excluding carboxylic acids is 2. The first kappa shape index (κ1) is 22.5. The fourth-order valence-corrected chi connectivity index (χ4v) is 4.36. The number of aryl methyl sites for hydroxylation is 1. The maximum absolute atomic E-state index is 13.3. The molecule has 2 aromatic heterocycles. The molecular weight excluding hydrogens is 444 g/mol. The van der Waals surface area contributed by atoms with Crippen molar-refractivity contribution in [3.63, 3.8) is 0 Å². The van der Waals surface area contributed by atoms with Crippen molar-refractivity contribution < 1.29 is 14.3 Å². The topological polar surface area (TPSA) is 115 Å². The smallest absolute Gasteiger partial charge is 0.259 e. The summed E-state index contributed by atoms with van der Waals surface area (Å²) in [5.74, 6) is -0.0960. The van der Waals surface area contributed by atoms with Gasteiger partial charge in [0.2, 0.25) is 5.95 Å². The number of anilines is 3. The summed E-state index contributed by atoms with van der Waals surface area (Å²) in [6.45, 7) is 1.72. The number of methoxy groups -OCH3 is 1. The molecular formula is C26H26N6O3. The number of amides is 2. The number of hydrogen-bond acceptors (Lipinski definition) is 6. The van der Waals surface area contributed by atoms with Crippen molar-refractivity contribution in [3.05, 3.63) is 77.5 Å². The molecule has 2 amide bonds. The average molecular weight is 471 g/mol. The van der Waals surface area contributed by atoms with Gasteiger partial charge in [0.25, 0.3) is 11.8 Å². The highest BCUT2D eigenvalue weighted by Crippen LogP contribution is 2.29. The highest BCUT2D eigenvalue weighted by molar-refractivity contribution is 6.08. The Morgan fingerprint density at radius 2 is 1.97 bits per heavy atom. The summed E-state index contributed by atoms with van der Waals surface area (Å²) in [5, 5.41) is 2.87. The maximum Gasteiger partial charge on any atom is 0.259 e. The summed E-state index contributed by atoms with van der Waals surface area (Å²) in [4.78, 5) is 37.1. The van der Waals surface area contributed by atoms with Gasteiger partial charge in [0.15, 0.2) is 5.65 Å². The molecule has 0 unspecified atom stereocenters. The van der Waals surface area contributed by atoms with E-state index in [2.05, 4.69) is 15.3 Å². The van der Waals surface area contributed by atoms with Gasteiger partial charge >= 0.3 is 0 Å². The van der Waals surface area contributed by atoms with Crippen LogP contribution < -0.4 is 16.0 Å². The van der Waals surface area contributed by atoms with Gasteiger partial charge in [-0.25, -0.2) is 9.97 Å². The van der Waals surface area contributed by atoms with Crippen LogP contribution in [0.15, 0.2) is 60.8 Å². The van der Waals surface area contributed by atoms with Crippen LogP contribution >= 0.6 is 0 Å². The lowest BCUT2D eigenvalue weighted by Crippen LogP contribution is -2.28. The van der Waals surface area contributed by atoms with Gasteiger partial charge in [-0.3, -0.25) is 19.5 Å². The Bertz CT molecular complexity index is 1410. The van der Waals surface area contributed by atoms with Crippen molar-refractivity contribution in [2.45, 2.75) is 19.4 Å². The first-order chi connectivity index (χ1) is 17.0. The minimum Gasteiger partial charge on any atom is -0.399 e. The molecule has 2 aromatic carbocycles. The van der Waals surface area contributed by atoms with Crippen molar-refractivity contribution in [2.24, 2.45) is 0 Å². The fraction of sp³-hybridized carbons (Fsp3) is 0.231. The maximum atomic E-state index is 13.3. The number of pyridine rings is 1. The third kappa shape index (κ3) is 4.45. The third-order valence-electron chi connectivity index (χ3n) is 6.07. The first-order valence-corrected chi connectivity index (χ1v) is 11.5. The number of nitrogens with zero attached hydrogens (tertiary/aromatic N) is 4. The van der Waals surface area contributed by atoms with Crippen molar-refractivity contribution in [2.75, 3.05) is 36.2 Å². The third-order valence-corrected chi connectivity index (χ3v) is 6.07. The lowest BCUT2D eigenvalue weighted by atomic mass is 10.2. The van der Waals surface area contributed by atoms with E-state index in [9.17, 15) is 9.59 Å². The Labute approximate surface area is 202 Å². The van der Waals surface area contributed by atoms with Crippen LogP contribution in [0, 0.1) is 0 Å². The summed E-state index contributed by atoms with van der Waals surface area (Å²) >= 11 is 0. The van der Waals surface area contributed by atoms with Crippen LogP contribution in [0.4, 0.5) is 17.3 Å². The molecule has 9 nitrogen and oxygen atoms in total. The molecule has 4 aromatic rings. The van der Waals surface area contributed by atoms with E-state index in [-0.39, 0.29) is 11.8 Å². The summed E-state index contributed by atoms with van der Waals surface area (Å²) < 4.78 is 7.02. The summed E-state index contributed by atoms with van der Waals surface area (Å²) in [6, 6.07) is 16.4. The number of rotatable bonds is 7. The second-order valence-electron chi connectivity index (χ2n) is 8.42. The fourth-order valence-electron chi connectivity index (χ4n) is 4.36. The molecule has 0 aliphatic carbocycles. The van der Waals surface area contributed by atoms with Crippen LogP contribution in [0.1, 0.15) is 32.7 Å². The van der Waals surface area contributed by atoms with E-state index in [0.717, 1.165) is 17.7 Å². The zero-order chi connectivity index (χ0) is 24.4. The van der Waals surface area contributed by atoms with Crippen molar-refractivity contribution >= 4 is 40.3 Å². The number of imidazole rings is 1.